The van der Waals surface area contributed by atoms with Crippen molar-refractivity contribution >= 4 is 29.2 Å². The first-order valence-corrected chi connectivity index (χ1v) is 14.3. The molecule has 2 fully saturated rings. The number of anilines is 1. The average Bonchev–Trinajstić information content (AvgIpc) is 2.95. The maximum Gasteiger partial charge on any atom is 0.430 e. The average molecular weight is 635 g/mol. The number of benzene rings is 1. The minimum atomic E-state index is -5.53. The lowest BCUT2D eigenvalue weighted by Gasteiger charge is -2.40. The fraction of sp³-hybridized carbons (Fsp3) is 0.552. The third-order valence-corrected chi connectivity index (χ3v) is 8.59. The lowest BCUT2D eigenvalue weighted by Crippen LogP contribution is -2.57. The highest BCUT2D eigenvalue weighted by Crippen LogP contribution is 2.43. The first-order valence-electron chi connectivity index (χ1n) is 13.9. The molecule has 3 heterocycles. The molecule has 1 aromatic heterocycles. The number of pyridine rings is 1. The smallest absolute Gasteiger partial charge is 0.369 e. The fourth-order valence-corrected chi connectivity index (χ4v) is 6.03. The van der Waals surface area contributed by atoms with Gasteiger partial charge in [-0.2, -0.15) is 26.3 Å². The topological polar surface area (TPSA) is 77.0 Å². The zero-order valence-electron chi connectivity index (χ0n) is 23.7. The van der Waals surface area contributed by atoms with Gasteiger partial charge in [-0.3, -0.25) is 9.59 Å². The van der Waals surface area contributed by atoms with Crippen LogP contribution in [0.4, 0.5) is 32.2 Å². The van der Waals surface area contributed by atoms with E-state index in [2.05, 4.69) is 9.88 Å². The van der Waals surface area contributed by atoms with Crippen molar-refractivity contribution in [3.63, 3.8) is 0 Å². The third-order valence-electron chi connectivity index (χ3n) is 8.30. The van der Waals surface area contributed by atoms with Crippen LogP contribution >= 0.6 is 11.6 Å². The highest BCUT2D eigenvalue weighted by Gasteiger charge is 2.62. The van der Waals surface area contributed by atoms with Crippen molar-refractivity contribution in [2.24, 2.45) is 11.8 Å². The number of halogens is 7. The van der Waals surface area contributed by atoms with Crippen LogP contribution in [-0.2, 0) is 16.6 Å². The van der Waals surface area contributed by atoms with E-state index in [1.54, 1.807) is 26.2 Å². The highest BCUT2D eigenvalue weighted by atomic mass is 35.5. The Hall–Kier alpha value is -3.06. The minimum Gasteiger partial charge on any atom is -0.369 e. The Morgan fingerprint density at radius 3 is 2.00 bits per heavy atom. The first-order chi connectivity index (χ1) is 20.0. The summed E-state index contributed by atoms with van der Waals surface area (Å²) >= 11 is 6.26. The number of aliphatic hydroxyl groups is 1. The fourth-order valence-electron chi connectivity index (χ4n) is 5.80. The van der Waals surface area contributed by atoms with E-state index in [0.717, 1.165) is 30.2 Å². The van der Waals surface area contributed by atoms with Gasteiger partial charge in [0.25, 0.3) is 17.4 Å². The van der Waals surface area contributed by atoms with Crippen molar-refractivity contribution in [2.75, 3.05) is 45.2 Å². The SMILES string of the molecule is CN(C)C(=O)c1ccc(N2CCC(CC3CCN(C(=O)C(O)(c4cccc(C(F)(F)F)c4)C(F)(F)F)CC3)CC2)nc1Cl. The number of carbonyl (C=O) groups excluding carboxylic acids is 2. The van der Waals surface area contributed by atoms with E-state index in [1.807, 2.05) is 0 Å². The van der Waals surface area contributed by atoms with Crippen LogP contribution in [0, 0.1) is 11.8 Å². The molecule has 2 aliphatic heterocycles. The molecule has 1 N–H and O–H groups in total. The zero-order valence-corrected chi connectivity index (χ0v) is 24.4. The van der Waals surface area contributed by atoms with Gasteiger partial charge < -0.3 is 19.8 Å². The second kappa shape index (κ2) is 12.5. The predicted molar refractivity (Wildman–Crippen MR) is 148 cm³/mol. The Balaban J connectivity index is 1.33. The van der Waals surface area contributed by atoms with Crippen molar-refractivity contribution < 1.29 is 41.0 Å². The lowest BCUT2D eigenvalue weighted by atomic mass is 9.82. The summed E-state index contributed by atoms with van der Waals surface area (Å²) in [5.74, 6) is -0.740. The Bertz CT molecular complexity index is 1320. The largest absolute Gasteiger partial charge is 0.430 e. The van der Waals surface area contributed by atoms with E-state index >= 15 is 0 Å². The van der Waals surface area contributed by atoms with Gasteiger partial charge in [0, 0.05) is 45.8 Å². The van der Waals surface area contributed by atoms with Crippen LogP contribution in [0.2, 0.25) is 5.15 Å². The van der Waals surface area contributed by atoms with Gasteiger partial charge in [0.1, 0.15) is 11.0 Å². The molecule has 2 aliphatic rings. The number of aromatic nitrogens is 1. The summed E-state index contributed by atoms with van der Waals surface area (Å²) < 4.78 is 81.6. The highest BCUT2D eigenvalue weighted by molar-refractivity contribution is 6.32. The van der Waals surface area contributed by atoms with E-state index in [0.29, 0.717) is 55.4 Å². The number of amides is 2. The Labute approximate surface area is 250 Å². The Morgan fingerprint density at radius 1 is 0.930 bits per heavy atom. The van der Waals surface area contributed by atoms with Crippen LogP contribution in [0.25, 0.3) is 0 Å². The summed E-state index contributed by atoms with van der Waals surface area (Å²) in [7, 11) is 3.25. The van der Waals surface area contributed by atoms with Crippen LogP contribution < -0.4 is 4.90 Å². The summed E-state index contributed by atoms with van der Waals surface area (Å²) in [5.41, 5.74) is -6.33. The number of hydrogen-bond acceptors (Lipinski definition) is 5. The summed E-state index contributed by atoms with van der Waals surface area (Å²) in [6.07, 6.45) is -7.12. The van der Waals surface area contributed by atoms with Crippen LogP contribution in [0.1, 0.15) is 53.6 Å². The molecule has 4 rings (SSSR count). The van der Waals surface area contributed by atoms with E-state index < -0.39 is 35.0 Å². The maximum absolute atomic E-state index is 14.1. The van der Waals surface area contributed by atoms with Crippen molar-refractivity contribution in [1.82, 2.24) is 14.8 Å². The molecule has 0 radical (unpaired) electrons. The van der Waals surface area contributed by atoms with Gasteiger partial charge in [-0.15, -0.1) is 0 Å². The van der Waals surface area contributed by atoms with E-state index in [-0.39, 0.29) is 36.1 Å². The van der Waals surface area contributed by atoms with Gasteiger partial charge >= 0.3 is 12.4 Å². The molecule has 14 heteroatoms. The van der Waals surface area contributed by atoms with E-state index in [4.69, 9.17) is 11.6 Å². The van der Waals surface area contributed by atoms with Crippen molar-refractivity contribution in [1.29, 1.82) is 0 Å². The lowest BCUT2D eigenvalue weighted by molar-refractivity contribution is -0.262. The van der Waals surface area contributed by atoms with Crippen LogP contribution in [0.15, 0.2) is 36.4 Å². The molecule has 0 spiro atoms. The van der Waals surface area contributed by atoms with Crippen LogP contribution in [0.3, 0.4) is 0 Å². The molecule has 236 valence electrons. The molecule has 2 aromatic rings. The van der Waals surface area contributed by atoms with Gasteiger partial charge in [-0.05, 0) is 68.2 Å². The summed E-state index contributed by atoms with van der Waals surface area (Å²) in [6, 6.07) is 5.59. The molecule has 0 saturated carbocycles. The molecular weight excluding hydrogens is 602 g/mol. The van der Waals surface area contributed by atoms with Crippen molar-refractivity contribution in [3.05, 3.63) is 58.2 Å². The molecule has 2 amide bonds. The van der Waals surface area contributed by atoms with Crippen LogP contribution in [0.5, 0.6) is 0 Å². The second-order valence-corrected chi connectivity index (χ2v) is 11.8. The molecular formula is C29H33ClF6N4O3. The number of carbonyl (C=O) groups is 2. The van der Waals surface area contributed by atoms with Gasteiger partial charge in [0.15, 0.2) is 0 Å². The quantitative estimate of drug-likeness (QED) is 0.324. The molecule has 0 aliphatic carbocycles. The number of likely N-dealkylation sites (tertiary alicyclic amines) is 1. The predicted octanol–water partition coefficient (Wildman–Crippen LogP) is 5.75. The van der Waals surface area contributed by atoms with Gasteiger partial charge in [0.05, 0.1) is 11.1 Å². The number of piperidine rings is 2. The van der Waals surface area contributed by atoms with E-state index in [9.17, 15) is 41.0 Å². The third kappa shape index (κ3) is 7.03. The molecule has 1 unspecified atom stereocenters. The summed E-state index contributed by atoms with van der Waals surface area (Å²) in [6.45, 7) is 1.34. The number of hydrogen-bond donors (Lipinski definition) is 1. The second-order valence-electron chi connectivity index (χ2n) is 11.4. The Morgan fingerprint density at radius 2 is 1.49 bits per heavy atom. The first kappa shape index (κ1) is 32.8. The molecule has 0 bridgehead atoms. The van der Waals surface area contributed by atoms with Gasteiger partial charge in [-0.25, -0.2) is 4.98 Å². The standard InChI is InChI=1S/C29H33ClF6N4O3/c1-38(2)25(41)22-6-7-23(37-24(22)30)39-12-8-18(9-13-39)16-19-10-14-40(15-11-19)26(42)27(43,29(34,35)36)20-4-3-5-21(17-20)28(31,32)33/h3-7,17-19,43H,8-16H2,1-2H3. The van der Waals surface area contributed by atoms with Crippen molar-refractivity contribution in [3.8, 4) is 0 Å². The summed E-state index contributed by atoms with van der Waals surface area (Å²) in [4.78, 5) is 34.0. The Kier molecular flexibility index (Phi) is 9.55. The normalized spacial score (nSPS) is 18.8. The maximum atomic E-state index is 14.1. The zero-order chi connectivity index (χ0) is 31.7. The molecule has 1 atom stereocenters. The number of nitrogens with zero attached hydrogens (tertiary/aromatic N) is 4. The monoisotopic (exact) mass is 634 g/mol. The van der Waals surface area contributed by atoms with Crippen LogP contribution in [-0.4, -0.2) is 78.2 Å². The molecule has 1 aromatic carbocycles. The minimum absolute atomic E-state index is 0.0415. The van der Waals surface area contributed by atoms with E-state index in [1.165, 1.54) is 4.90 Å². The van der Waals surface area contributed by atoms with Crippen molar-refractivity contribution in [2.45, 2.75) is 50.1 Å². The van der Waals surface area contributed by atoms with Gasteiger partial charge in [-0.1, -0.05) is 23.7 Å². The molecule has 43 heavy (non-hydrogen) atoms. The molecule has 7 nitrogen and oxygen atoms in total. The molecule has 2 saturated heterocycles. The van der Waals surface area contributed by atoms with Gasteiger partial charge in [0.2, 0.25) is 0 Å². The summed E-state index contributed by atoms with van der Waals surface area (Å²) in [5, 5.41) is 10.8. The number of rotatable bonds is 6. The number of alkyl halides is 6.